The number of nitrogens with one attached hydrogen (secondary N) is 1. The first-order valence-electron chi connectivity index (χ1n) is 10.1. The van der Waals surface area contributed by atoms with Gasteiger partial charge in [-0.3, -0.25) is 0 Å². The molecule has 0 amide bonds. The highest BCUT2D eigenvalue weighted by atomic mass is 35.5. The highest BCUT2D eigenvalue weighted by Gasteiger charge is 2.27. The van der Waals surface area contributed by atoms with Gasteiger partial charge in [-0.2, -0.15) is 0 Å². The van der Waals surface area contributed by atoms with E-state index in [1.165, 1.54) is 30.3 Å². The molecule has 0 aliphatic carbocycles. The molecule has 0 bridgehead atoms. The van der Waals surface area contributed by atoms with Crippen LogP contribution in [0.2, 0.25) is 10.0 Å². The van der Waals surface area contributed by atoms with Gasteiger partial charge in [0.1, 0.15) is 4.90 Å². The summed E-state index contributed by atoms with van der Waals surface area (Å²) < 4.78 is 26.1. The van der Waals surface area contributed by atoms with Gasteiger partial charge in [0.25, 0.3) is 0 Å². The lowest BCUT2D eigenvalue weighted by molar-refractivity contribution is 0.0692. The predicted octanol–water partition coefficient (Wildman–Crippen LogP) is 4.78. The van der Waals surface area contributed by atoms with Gasteiger partial charge < -0.3 is 15.5 Å². The lowest BCUT2D eigenvalue weighted by Crippen LogP contribution is -2.32. The minimum absolute atomic E-state index is 0.00321. The van der Waals surface area contributed by atoms with Crippen molar-refractivity contribution in [2.24, 2.45) is 0 Å². The molecule has 0 aromatic heterocycles. The van der Waals surface area contributed by atoms with Crippen LogP contribution in [0.4, 0.5) is 0 Å². The van der Waals surface area contributed by atoms with E-state index >= 15 is 0 Å². The maximum absolute atomic E-state index is 13.1. The molecule has 9 heteroatoms. The van der Waals surface area contributed by atoms with Crippen LogP contribution in [-0.4, -0.2) is 37.2 Å². The third-order valence-electron chi connectivity index (χ3n) is 5.13. The van der Waals surface area contributed by atoms with Gasteiger partial charge in [-0.05, 0) is 60.9 Å². The van der Waals surface area contributed by atoms with Gasteiger partial charge in [0.05, 0.1) is 21.6 Å². The fourth-order valence-corrected chi connectivity index (χ4v) is 5.62. The van der Waals surface area contributed by atoms with Gasteiger partial charge in [-0.25, -0.2) is 13.2 Å². The molecule has 6 nitrogen and oxygen atoms in total. The van der Waals surface area contributed by atoms with Crippen molar-refractivity contribution in [3.05, 3.63) is 93.5 Å². The topological polar surface area (TPSA) is 104 Å². The fraction of sp³-hybridized carbons (Fsp3) is 0.208. The third kappa shape index (κ3) is 6.13. The van der Waals surface area contributed by atoms with Gasteiger partial charge in [-0.15, -0.1) is 0 Å². The van der Waals surface area contributed by atoms with Crippen LogP contribution >= 0.6 is 23.2 Å². The molecule has 3 aromatic rings. The van der Waals surface area contributed by atoms with E-state index in [9.17, 15) is 23.4 Å². The number of rotatable bonds is 9. The first-order valence-corrected chi connectivity index (χ1v) is 12.4. The summed E-state index contributed by atoms with van der Waals surface area (Å²) in [6.07, 6.45) is -0.118. The summed E-state index contributed by atoms with van der Waals surface area (Å²) >= 11 is 12.0. The van der Waals surface area contributed by atoms with Crippen LogP contribution in [0, 0.1) is 0 Å². The van der Waals surface area contributed by atoms with Crippen molar-refractivity contribution < 1.29 is 23.4 Å². The predicted molar refractivity (Wildman–Crippen MR) is 128 cm³/mol. The molecule has 3 aromatic carbocycles. The van der Waals surface area contributed by atoms with Crippen molar-refractivity contribution in [3.8, 4) is 0 Å². The second-order valence-corrected chi connectivity index (χ2v) is 10.4. The summed E-state index contributed by atoms with van der Waals surface area (Å²) in [5.41, 5.74) is 1.23. The Balaban J connectivity index is 1.68. The van der Waals surface area contributed by atoms with Crippen LogP contribution in [-0.2, 0) is 16.3 Å². The normalized spacial score (nSPS) is 13.5. The summed E-state index contributed by atoms with van der Waals surface area (Å²) in [4.78, 5) is 11.0. The highest BCUT2D eigenvalue weighted by molar-refractivity contribution is 7.91. The van der Waals surface area contributed by atoms with Crippen molar-refractivity contribution in [1.82, 2.24) is 5.32 Å². The van der Waals surface area contributed by atoms with E-state index < -0.39 is 26.8 Å². The van der Waals surface area contributed by atoms with E-state index in [0.717, 1.165) is 11.1 Å². The van der Waals surface area contributed by atoms with Crippen LogP contribution < -0.4 is 5.32 Å². The molecule has 0 radical (unpaired) electrons. The van der Waals surface area contributed by atoms with Gasteiger partial charge in [-0.1, -0.05) is 53.5 Å². The number of aliphatic hydroxyl groups is 1. The average Bonchev–Trinajstić information content (AvgIpc) is 2.77. The maximum atomic E-state index is 13.1. The van der Waals surface area contributed by atoms with Crippen LogP contribution in [0.15, 0.2) is 76.5 Å². The number of hydrogen-bond acceptors (Lipinski definition) is 5. The Morgan fingerprint density at radius 1 is 1.03 bits per heavy atom. The van der Waals surface area contributed by atoms with Gasteiger partial charge >= 0.3 is 5.97 Å². The molecule has 0 saturated carbocycles. The Kier molecular flexibility index (Phi) is 8.15. The minimum atomic E-state index is -4.12. The van der Waals surface area contributed by atoms with Crippen LogP contribution in [0.3, 0.4) is 0 Å². The van der Waals surface area contributed by atoms with Gasteiger partial charge in [0.2, 0.25) is 9.84 Å². The van der Waals surface area contributed by atoms with Crippen molar-refractivity contribution in [1.29, 1.82) is 0 Å². The molecule has 0 spiro atoms. The first-order chi connectivity index (χ1) is 15.6. The van der Waals surface area contributed by atoms with Crippen LogP contribution in [0.5, 0.6) is 0 Å². The number of benzene rings is 3. The number of aliphatic hydroxyl groups excluding tert-OH is 1. The van der Waals surface area contributed by atoms with Gasteiger partial charge in [0.15, 0.2) is 0 Å². The number of carboxylic acid groups (broad SMARTS) is 1. The largest absolute Gasteiger partial charge is 0.478 e. The maximum Gasteiger partial charge on any atom is 0.337 e. The Morgan fingerprint density at radius 2 is 1.70 bits per heavy atom. The Morgan fingerprint density at radius 3 is 2.33 bits per heavy atom. The lowest BCUT2D eigenvalue weighted by Gasteiger charge is -2.18. The summed E-state index contributed by atoms with van der Waals surface area (Å²) in [5.74, 6) is -1.37. The molecule has 0 fully saturated rings. The number of halogens is 2. The molecular formula is C24H23Cl2NO5S. The molecule has 0 aliphatic rings. The molecule has 0 heterocycles. The molecule has 2 atom stereocenters. The SMILES string of the molecule is C[C@H](Cc1ccc(S(=O)(=O)c2c(Cl)cccc2C(=O)O)cc1)NC[C@H](O)c1cccc(Cl)c1. The van der Waals surface area contributed by atoms with E-state index in [-0.39, 0.29) is 21.5 Å². The number of carbonyl (C=O) groups is 1. The Hall–Kier alpha value is -2.42. The van der Waals surface area contributed by atoms with E-state index in [1.54, 1.807) is 36.4 Å². The number of hydrogen-bond donors (Lipinski definition) is 3. The smallest absolute Gasteiger partial charge is 0.337 e. The van der Waals surface area contributed by atoms with Crippen molar-refractivity contribution in [3.63, 3.8) is 0 Å². The highest BCUT2D eigenvalue weighted by Crippen LogP contribution is 2.31. The van der Waals surface area contributed by atoms with E-state index in [0.29, 0.717) is 18.0 Å². The second kappa shape index (κ2) is 10.7. The Labute approximate surface area is 202 Å². The molecule has 3 N–H and O–H groups in total. The molecule has 3 rings (SSSR count). The average molecular weight is 508 g/mol. The van der Waals surface area contributed by atoms with Crippen molar-refractivity contribution >= 4 is 39.0 Å². The summed E-state index contributed by atoms with van der Waals surface area (Å²) in [6, 6.07) is 17.2. The zero-order valence-corrected chi connectivity index (χ0v) is 20.0. The zero-order valence-electron chi connectivity index (χ0n) is 17.7. The molecular weight excluding hydrogens is 485 g/mol. The molecule has 174 valence electrons. The summed E-state index contributed by atoms with van der Waals surface area (Å²) in [7, 11) is -4.12. The van der Waals surface area contributed by atoms with Crippen LogP contribution in [0.1, 0.15) is 34.5 Å². The monoisotopic (exact) mass is 507 g/mol. The van der Waals surface area contributed by atoms with E-state index in [2.05, 4.69) is 5.32 Å². The third-order valence-corrected chi connectivity index (χ3v) is 7.67. The fourth-order valence-electron chi connectivity index (χ4n) is 3.44. The van der Waals surface area contributed by atoms with E-state index in [4.69, 9.17) is 23.2 Å². The van der Waals surface area contributed by atoms with Gasteiger partial charge in [0, 0.05) is 17.6 Å². The summed E-state index contributed by atoms with van der Waals surface area (Å²) in [6.45, 7) is 2.29. The zero-order chi connectivity index (χ0) is 24.2. The molecule has 0 unspecified atom stereocenters. The number of carboxylic acids is 1. The second-order valence-electron chi connectivity index (χ2n) is 7.65. The van der Waals surface area contributed by atoms with Crippen molar-refractivity contribution in [2.75, 3.05) is 6.54 Å². The Bertz CT molecular complexity index is 1250. The van der Waals surface area contributed by atoms with Crippen LogP contribution in [0.25, 0.3) is 0 Å². The van der Waals surface area contributed by atoms with E-state index in [1.807, 2.05) is 6.92 Å². The first kappa shape index (κ1) is 25.2. The van der Waals surface area contributed by atoms with Crippen molar-refractivity contribution in [2.45, 2.75) is 35.3 Å². The molecule has 0 saturated heterocycles. The lowest BCUT2D eigenvalue weighted by atomic mass is 10.1. The number of aromatic carboxylic acids is 1. The summed E-state index contributed by atoms with van der Waals surface area (Å²) in [5, 5.41) is 23.4. The standard InChI is InChI=1S/C24H23Cl2NO5S/c1-15(27-14-22(28)17-4-2-5-18(25)13-17)12-16-8-10-19(11-9-16)33(31,32)23-20(24(29)30)6-3-7-21(23)26/h2-11,13,15,22,27-28H,12,14H2,1H3,(H,29,30)/t15-,22+/m1/s1. The minimum Gasteiger partial charge on any atom is -0.478 e. The number of sulfone groups is 1. The molecule has 33 heavy (non-hydrogen) atoms. The quantitative estimate of drug-likeness (QED) is 0.385. The molecule has 0 aliphatic heterocycles.